The summed E-state index contributed by atoms with van der Waals surface area (Å²) in [5.74, 6) is 0. The van der Waals surface area contributed by atoms with E-state index in [9.17, 15) is 0 Å². The average Bonchev–Trinajstić information content (AvgIpc) is 2.74. The highest BCUT2D eigenvalue weighted by Gasteiger charge is 2.22. The molecule has 0 bridgehead atoms. The second-order valence-corrected chi connectivity index (χ2v) is 5.28. The highest BCUT2D eigenvalue weighted by Crippen LogP contribution is 2.36. The third kappa shape index (κ3) is 1.92. The lowest BCUT2D eigenvalue weighted by atomic mass is 10.1. The van der Waals surface area contributed by atoms with Crippen LogP contribution < -0.4 is 10.6 Å². The van der Waals surface area contributed by atoms with Gasteiger partial charge in [0.05, 0.1) is 10.7 Å². The lowest BCUT2D eigenvalue weighted by Gasteiger charge is -2.19. The summed E-state index contributed by atoms with van der Waals surface area (Å²) < 4.78 is 0. The van der Waals surface area contributed by atoms with Gasteiger partial charge in [-0.2, -0.15) is 0 Å². The molecule has 0 atom stereocenters. The smallest absolute Gasteiger partial charge is 0.0654 e. The molecule has 1 aliphatic rings. The van der Waals surface area contributed by atoms with Crippen molar-refractivity contribution in [2.75, 3.05) is 10.6 Å². The summed E-state index contributed by atoms with van der Waals surface area (Å²) in [5.41, 5.74) is 10.3. The number of halogens is 2. The van der Waals surface area contributed by atoms with Gasteiger partial charge in [-0.3, -0.25) is 0 Å². The third-order valence-corrected chi connectivity index (χ3v) is 3.81. The summed E-state index contributed by atoms with van der Waals surface area (Å²) in [4.78, 5) is 2.21. The van der Waals surface area contributed by atoms with Crippen LogP contribution in [0.2, 0.25) is 10.0 Å². The fourth-order valence-electron chi connectivity index (χ4n) is 2.36. The van der Waals surface area contributed by atoms with Crippen molar-refractivity contribution in [1.82, 2.24) is 0 Å². The number of hydrogen-bond acceptors (Lipinski definition) is 2. The van der Waals surface area contributed by atoms with Crippen molar-refractivity contribution >= 4 is 34.6 Å². The zero-order chi connectivity index (χ0) is 12.7. The summed E-state index contributed by atoms with van der Waals surface area (Å²) in [6.45, 7) is 1.63. The maximum absolute atomic E-state index is 6.23. The van der Waals surface area contributed by atoms with E-state index in [4.69, 9.17) is 28.9 Å². The molecule has 0 fully saturated rings. The van der Waals surface area contributed by atoms with Gasteiger partial charge in [0, 0.05) is 23.8 Å². The van der Waals surface area contributed by atoms with Crippen LogP contribution in [0.3, 0.4) is 0 Å². The Morgan fingerprint density at radius 2 is 1.89 bits per heavy atom. The maximum Gasteiger partial charge on any atom is 0.0654 e. The van der Waals surface area contributed by atoms with E-state index in [0.717, 1.165) is 24.5 Å². The second kappa shape index (κ2) is 4.38. The van der Waals surface area contributed by atoms with Crippen LogP contribution in [0.25, 0.3) is 0 Å². The monoisotopic (exact) mass is 278 g/mol. The maximum atomic E-state index is 6.23. The van der Waals surface area contributed by atoms with Crippen molar-refractivity contribution in [3.8, 4) is 0 Å². The minimum atomic E-state index is 0.653. The minimum absolute atomic E-state index is 0.653. The molecule has 0 unspecified atom stereocenters. The number of anilines is 2. The number of nitrogens with zero attached hydrogens (tertiary/aromatic N) is 1. The minimum Gasteiger partial charge on any atom is -0.398 e. The summed E-state index contributed by atoms with van der Waals surface area (Å²) in [5, 5.41) is 1.33. The van der Waals surface area contributed by atoms with Gasteiger partial charge in [0.1, 0.15) is 0 Å². The Kier molecular flexibility index (Phi) is 2.84. The molecule has 0 saturated heterocycles. The first-order valence-corrected chi connectivity index (χ1v) is 6.47. The number of hydrogen-bond donors (Lipinski definition) is 1. The van der Waals surface area contributed by atoms with E-state index in [1.54, 1.807) is 6.07 Å². The largest absolute Gasteiger partial charge is 0.398 e. The number of nitrogens with two attached hydrogens (primary N) is 1. The number of rotatable bonds is 1. The molecular formula is C14H12Cl2N2. The van der Waals surface area contributed by atoms with E-state index in [2.05, 4.69) is 11.0 Å². The molecule has 3 rings (SSSR count). The van der Waals surface area contributed by atoms with Gasteiger partial charge < -0.3 is 10.6 Å². The zero-order valence-electron chi connectivity index (χ0n) is 9.66. The Morgan fingerprint density at radius 3 is 2.61 bits per heavy atom. The average molecular weight is 279 g/mol. The first-order chi connectivity index (χ1) is 8.65. The molecule has 0 saturated carbocycles. The van der Waals surface area contributed by atoms with E-state index in [-0.39, 0.29) is 0 Å². The first-order valence-electron chi connectivity index (χ1n) is 5.71. The van der Waals surface area contributed by atoms with Crippen molar-refractivity contribution in [2.24, 2.45) is 0 Å². The molecule has 2 N–H and O–H groups in total. The summed E-state index contributed by atoms with van der Waals surface area (Å²) in [7, 11) is 0. The topological polar surface area (TPSA) is 29.3 Å². The highest BCUT2D eigenvalue weighted by molar-refractivity contribution is 6.36. The molecule has 1 aliphatic heterocycles. The van der Waals surface area contributed by atoms with Crippen LogP contribution in [0, 0.1) is 0 Å². The Balaban J connectivity index is 1.96. The fourth-order valence-corrected chi connectivity index (χ4v) is 2.88. The first kappa shape index (κ1) is 11.7. The fraction of sp³-hybridized carbons (Fsp3) is 0.143. The van der Waals surface area contributed by atoms with Gasteiger partial charge in [-0.15, -0.1) is 0 Å². The van der Waals surface area contributed by atoms with Crippen LogP contribution in [0.4, 0.5) is 11.4 Å². The third-order valence-electron chi connectivity index (χ3n) is 3.27. The van der Waals surface area contributed by atoms with Gasteiger partial charge in [0.25, 0.3) is 0 Å². The van der Waals surface area contributed by atoms with Crippen LogP contribution in [-0.2, 0) is 13.1 Å². The van der Waals surface area contributed by atoms with Gasteiger partial charge in [0.15, 0.2) is 0 Å². The van der Waals surface area contributed by atoms with Gasteiger partial charge in [-0.1, -0.05) is 35.3 Å². The molecule has 0 radical (unpaired) electrons. The standard InChI is InChI=1S/C14H12Cl2N2/c15-10-4-5-14(12(16)6-10)18-7-9-2-1-3-13(17)11(9)8-18/h1-6H,7-8,17H2. The quantitative estimate of drug-likeness (QED) is 0.796. The van der Waals surface area contributed by atoms with Crippen molar-refractivity contribution in [3.63, 3.8) is 0 Å². The predicted octanol–water partition coefficient (Wildman–Crippen LogP) is 4.10. The van der Waals surface area contributed by atoms with Crippen molar-refractivity contribution in [1.29, 1.82) is 0 Å². The lowest BCUT2D eigenvalue weighted by Crippen LogP contribution is -2.14. The molecule has 2 nitrogen and oxygen atoms in total. The molecule has 4 heteroatoms. The van der Waals surface area contributed by atoms with Gasteiger partial charge in [0.2, 0.25) is 0 Å². The summed E-state index contributed by atoms with van der Waals surface area (Å²) >= 11 is 12.1. The van der Waals surface area contributed by atoms with Crippen LogP contribution in [0.5, 0.6) is 0 Å². The molecule has 0 spiro atoms. The number of nitrogen functional groups attached to an aromatic ring is 1. The molecule has 0 amide bonds. The van der Waals surface area contributed by atoms with Crippen molar-refractivity contribution in [2.45, 2.75) is 13.1 Å². The second-order valence-electron chi connectivity index (χ2n) is 4.44. The Morgan fingerprint density at radius 1 is 1.06 bits per heavy atom. The number of fused-ring (bicyclic) bond motifs is 1. The molecule has 0 aliphatic carbocycles. The van der Waals surface area contributed by atoms with E-state index in [0.29, 0.717) is 10.0 Å². The van der Waals surface area contributed by atoms with Crippen LogP contribution in [-0.4, -0.2) is 0 Å². The Hall–Kier alpha value is -1.38. The summed E-state index contributed by atoms with van der Waals surface area (Å²) in [6.07, 6.45) is 0. The van der Waals surface area contributed by atoms with Gasteiger partial charge in [-0.25, -0.2) is 0 Å². The van der Waals surface area contributed by atoms with E-state index < -0.39 is 0 Å². The van der Waals surface area contributed by atoms with E-state index in [1.807, 2.05) is 24.3 Å². The van der Waals surface area contributed by atoms with Gasteiger partial charge >= 0.3 is 0 Å². The Bertz CT molecular complexity index is 611. The molecule has 1 heterocycles. The molecule has 92 valence electrons. The SMILES string of the molecule is Nc1cccc2c1CN(c1ccc(Cl)cc1Cl)C2. The molecule has 18 heavy (non-hydrogen) atoms. The predicted molar refractivity (Wildman–Crippen MR) is 77.2 cm³/mol. The van der Waals surface area contributed by atoms with E-state index in [1.165, 1.54) is 11.1 Å². The van der Waals surface area contributed by atoms with Crippen LogP contribution in [0.15, 0.2) is 36.4 Å². The van der Waals surface area contributed by atoms with Crippen molar-refractivity contribution < 1.29 is 0 Å². The lowest BCUT2D eigenvalue weighted by molar-refractivity contribution is 0.881. The van der Waals surface area contributed by atoms with Crippen molar-refractivity contribution in [3.05, 3.63) is 57.6 Å². The summed E-state index contributed by atoms with van der Waals surface area (Å²) in [6, 6.07) is 11.6. The van der Waals surface area contributed by atoms with Crippen LogP contribution in [0.1, 0.15) is 11.1 Å². The van der Waals surface area contributed by atoms with Gasteiger partial charge in [-0.05, 0) is 35.4 Å². The highest BCUT2D eigenvalue weighted by atomic mass is 35.5. The molecule has 2 aromatic carbocycles. The molecular weight excluding hydrogens is 267 g/mol. The molecule has 2 aromatic rings. The van der Waals surface area contributed by atoms with E-state index >= 15 is 0 Å². The normalized spacial score (nSPS) is 13.8. The van der Waals surface area contributed by atoms with Crippen LogP contribution >= 0.6 is 23.2 Å². The molecule has 0 aromatic heterocycles. The number of benzene rings is 2. The zero-order valence-corrected chi connectivity index (χ0v) is 11.2. The Labute approximate surface area is 116 Å².